The zero-order valence-electron chi connectivity index (χ0n) is 10.9. The van der Waals surface area contributed by atoms with Crippen LogP contribution in [0.1, 0.15) is 24.0 Å². The molecule has 0 aliphatic carbocycles. The average Bonchev–Trinajstić information content (AvgIpc) is 2.46. The Balaban J connectivity index is 1.82. The summed E-state index contributed by atoms with van der Waals surface area (Å²) in [5.74, 6) is 0. The van der Waals surface area contributed by atoms with Crippen LogP contribution in [0, 0.1) is 0 Å². The van der Waals surface area contributed by atoms with Gasteiger partial charge in [0.1, 0.15) is 4.33 Å². The summed E-state index contributed by atoms with van der Waals surface area (Å²) in [6, 6.07) is 20.7. The molecule has 0 atom stereocenters. The van der Waals surface area contributed by atoms with Crippen LogP contribution in [0.5, 0.6) is 0 Å². The number of alkyl halides is 2. The van der Waals surface area contributed by atoms with Crippen molar-refractivity contribution < 1.29 is 0 Å². The highest BCUT2D eigenvalue weighted by Crippen LogP contribution is 2.32. The van der Waals surface area contributed by atoms with Gasteiger partial charge in [-0.05, 0) is 36.8 Å². The molecule has 0 N–H and O–H groups in total. The SMILES string of the molecule is ClC(Cl)(CCc1ccccc1)CCc1ccccc1. The van der Waals surface area contributed by atoms with Gasteiger partial charge in [-0.25, -0.2) is 0 Å². The van der Waals surface area contributed by atoms with E-state index in [2.05, 4.69) is 24.3 Å². The third-order valence-electron chi connectivity index (χ3n) is 3.24. The predicted octanol–water partition coefficient (Wildman–Crippen LogP) is 5.43. The second-order valence-electron chi connectivity index (χ2n) is 4.83. The Morgan fingerprint density at radius 1 is 0.632 bits per heavy atom. The lowest BCUT2D eigenvalue weighted by atomic mass is 10.0. The minimum Gasteiger partial charge on any atom is -0.102 e. The molecule has 0 aliphatic rings. The zero-order chi connectivity index (χ0) is 13.6. The van der Waals surface area contributed by atoms with E-state index in [9.17, 15) is 0 Å². The van der Waals surface area contributed by atoms with Gasteiger partial charge in [-0.15, -0.1) is 23.2 Å². The topological polar surface area (TPSA) is 0 Å². The standard InChI is InChI=1S/C17H18Cl2/c18-17(19,13-11-15-7-3-1-4-8-15)14-12-16-9-5-2-6-10-16/h1-10H,11-14H2. The summed E-state index contributed by atoms with van der Waals surface area (Å²) in [5, 5.41) is 0. The summed E-state index contributed by atoms with van der Waals surface area (Å²) < 4.78 is -0.647. The maximum Gasteiger partial charge on any atom is 0.119 e. The van der Waals surface area contributed by atoms with E-state index in [1.54, 1.807) is 0 Å². The van der Waals surface area contributed by atoms with Crippen molar-refractivity contribution in [3.05, 3.63) is 71.8 Å². The first-order chi connectivity index (χ1) is 9.16. The molecule has 2 rings (SSSR count). The van der Waals surface area contributed by atoms with E-state index in [0.29, 0.717) is 0 Å². The van der Waals surface area contributed by atoms with Crippen molar-refractivity contribution in [1.29, 1.82) is 0 Å². The van der Waals surface area contributed by atoms with E-state index in [1.165, 1.54) is 11.1 Å². The summed E-state index contributed by atoms with van der Waals surface area (Å²) in [7, 11) is 0. The molecule has 0 aliphatic heterocycles. The van der Waals surface area contributed by atoms with Crippen molar-refractivity contribution in [3.63, 3.8) is 0 Å². The first kappa shape index (κ1) is 14.4. The van der Waals surface area contributed by atoms with Gasteiger partial charge in [-0.2, -0.15) is 0 Å². The third kappa shape index (κ3) is 5.26. The van der Waals surface area contributed by atoms with Gasteiger partial charge in [-0.3, -0.25) is 0 Å². The Bertz CT molecular complexity index is 432. The van der Waals surface area contributed by atoms with E-state index >= 15 is 0 Å². The van der Waals surface area contributed by atoms with E-state index < -0.39 is 4.33 Å². The summed E-state index contributed by atoms with van der Waals surface area (Å²) in [5.41, 5.74) is 2.57. The quantitative estimate of drug-likeness (QED) is 0.623. The lowest BCUT2D eigenvalue weighted by Gasteiger charge is -2.19. The fraction of sp³-hybridized carbons (Fsp3) is 0.294. The molecule has 0 spiro atoms. The maximum absolute atomic E-state index is 6.40. The van der Waals surface area contributed by atoms with Crippen molar-refractivity contribution in [2.45, 2.75) is 30.0 Å². The van der Waals surface area contributed by atoms with E-state index in [1.807, 2.05) is 36.4 Å². The Hall–Kier alpha value is -0.980. The van der Waals surface area contributed by atoms with Gasteiger partial charge in [0.15, 0.2) is 0 Å². The van der Waals surface area contributed by atoms with Crippen LogP contribution in [-0.2, 0) is 12.8 Å². The van der Waals surface area contributed by atoms with Crippen molar-refractivity contribution in [2.24, 2.45) is 0 Å². The third-order valence-corrected chi connectivity index (χ3v) is 4.00. The molecule has 0 aromatic heterocycles. The molecule has 0 saturated heterocycles. The molecule has 0 fully saturated rings. The van der Waals surface area contributed by atoms with Crippen LogP contribution >= 0.6 is 23.2 Å². The van der Waals surface area contributed by atoms with Gasteiger partial charge in [-0.1, -0.05) is 60.7 Å². The molecule has 0 heterocycles. The zero-order valence-corrected chi connectivity index (χ0v) is 12.4. The first-order valence-corrected chi connectivity index (χ1v) is 7.37. The van der Waals surface area contributed by atoms with Crippen LogP contribution in [0.2, 0.25) is 0 Å². The second kappa shape index (κ2) is 6.98. The highest BCUT2D eigenvalue weighted by molar-refractivity contribution is 6.48. The molecule has 100 valence electrons. The number of hydrogen-bond donors (Lipinski definition) is 0. The Morgan fingerprint density at radius 3 is 1.37 bits per heavy atom. The second-order valence-corrected chi connectivity index (χ2v) is 6.47. The predicted molar refractivity (Wildman–Crippen MR) is 84.0 cm³/mol. The molecule has 0 radical (unpaired) electrons. The fourth-order valence-corrected chi connectivity index (χ4v) is 2.45. The van der Waals surface area contributed by atoms with Crippen LogP contribution in [0.25, 0.3) is 0 Å². The number of hydrogen-bond acceptors (Lipinski definition) is 0. The maximum atomic E-state index is 6.40. The largest absolute Gasteiger partial charge is 0.119 e. The van der Waals surface area contributed by atoms with Crippen LogP contribution in [0.4, 0.5) is 0 Å². The van der Waals surface area contributed by atoms with Crippen molar-refractivity contribution in [2.75, 3.05) is 0 Å². The number of rotatable bonds is 6. The molecule has 0 unspecified atom stereocenters. The van der Waals surface area contributed by atoms with Gasteiger partial charge >= 0.3 is 0 Å². The molecule has 0 bridgehead atoms. The summed E-state index contributed by atoms with van der Waals surface area (Å²) in [6.07, 6.45) is 3.41. The Kier molecular flexibility index (Phi) is 5.30. The van der Waals surface area contributed by atoms with Crippen LogP contribution < -0.4 is 0 Å². The minimum atomic E-state index is -0.647. The first-order valence-electron chi connectivity index (χ1n) is 6.61. The molecule has 2 heteroatoms. The van der Waals surface area contributed by atoms with Crippen LogP contribution in [0.3, 0.4) is 0 Å². The highest BCUT2D eigenvalue weighted by atomic mass is 35.5. The molecule has 0 saturated carbocycles. The lowest BCUT2D eigenvalue weighted by Crippen LogP contribution is -2.15. The number of halogens is 2. The Labute approximate surface area is 125 Å². The molecule has 0 amide bonds. The molecular formula is C17H18Cl2. The Morgan fingerprint density at radius 2 is 1.00 bits per heavy atom. The molecular weight excluding hydrogens is 275 g/mol. The summed E-state index contributed by atoms with van der Waals surface area (Å²) in [4.78, 5) is 0. The monoisotopic (exact) mass is 292 g/mol. The summed E-state index contributed by atoms with van der Waals surface area (Å²) in [6.45, 7) is 0. The van der Waals surface area contributed by atoms with Gasteiger partial charge in [0, 0.05) is 0 Å². The lowest BCUT2D eigenvalue weighted by molar-refractivity contribution is 0.635. The minimum absolute atomic E-state index is 0.647. The van der Waals surface area contributed by atoms with Crippen LogP contribution in [-0.4, -0.2) is 4.33 Å². The summed E-state index contributed by atoms with van der Waals surface area (Å²) >= 11 is 12.8. The van der Waals surface area contributed by atoms with Crippen molar-refractivity contribution >= 4 is 23.2 Å². The van der Waals surface area contributed by atoms with E-state index in [-0.39, 0.29) is 0 Å². The highest BCUT2D eigenvalue weighted by Gasteiger charge is 2.23. The smallest absolute Gasteiger partial charge is 0.102 e. The molecule has 0 nitrogen and oxygen atoms in total. The molecule has 19 heavy (non-hydrogen) atoms. The van der Waals surface area contributed by atoms with Crippen molar-refractivity contribution in [1.82, 2.24) is 0 Å². The molecule has 2 aromatic carbocycles. The molecule has 2 aromatic rings. The fourth-order valence-electron chi connectivity index (χ4n) is 2.07. The number of aryl methyl sites for hydroxylation is 2. The van der Waals surface area contributed by atoms with Gasteiger partial charge in [0.2, 0.25) is 0 Å². The van der Waals surface area contributed by atoms with Crippen LogP contribution in [0.15, 0.2) is 60.7 Å². The van der Waals surface area contributed by atoms with Gasteiger partial charge < -0.3 is 0 Å². The van der Waals surface area contributed by atoms with Gasteiger partial charge in [0.25, 0.3) is 0 Å². The van der Waals surface area contributed by atoms with Crippen molar-refractivity contribution in [3.8, 4) is 0 Å². The number of benzene rings is 2. The average molecular weight is 293 g/mol. The normalized spacial score (nSPS) is 11.5. The van der Waals surface area contributed by atoms with Gasteiger partial charge in [0.05, 0.1) is 0 Å². The van der Waals surface area contributed by atoms with E-state index in [0.717, 1.165) is 25.7 Å². The van der Waals surface area contributed by atoms with E-state index in [4.69, 9.17) is 23.2 Å².